The van der Waals surface area contributed by atoms with Gasteiger partial charge in [-0.2, -0.15) is 0 Å². The zero-order valence-electron chi connectivity index (χ0n) is 9.86. The topological polar surface area (TPSA) is 67.4 Å². The average Bonchev–Trinajstić information content (AvgIpc) is 2.97. The number of fused-ring (bicyclic) bond motifs is 1. The average molecular weight is 246 g/mol. The van der Waals surface area contributed by atoms with Crippen molar-refractivity contribution in [1.29, 1.82) is 0 Å². The van der Waals surface area contributed by atoms with Gasteiger partial charge in [-0.15, -0.1) is 0 Å². The van der Waals surface area contributed by atoms with E-state index in [1.54, 1.807) is 12.1 Å². The first-order valence-corrected chi connectivity index (χ1v) is 6.09. The first kappa shape index (κ1) is 11.2. The highest BCUT2D eigenvalue weighted by Gasteiger charge is 2.26. The Kier molecular flexibility index (Phi) is 2.76. The van der Waals surface area contributed by atoms with E-state index in [0.717, 1.165) is 31.7 Å². The maximum absolute atomic E-state index is 11.5. The van der Waals surface area contributed by atoms with Crippen LogP contribution in [0.3, 0.4) is 0 Å². The van der Waals surface area contributed by atoms with Gasteiger partial charge in [0.1, 0.15) is 0 Å². The van der Waals surface area contributed by atoms with Crippen molar-refractivity contribution in [3.05, 3.63) is 29.3 Å². The monoisotopic (exact) mass is 246 g/mol. The summed E-state index contributed by atoms with van der Waals surface area (Å²) in [5, 5.41) is 5.51. The fourth-order valence-corrected chi connectivity index (χ4v) is 2.31. The van der Waals surface area contributed by atoms with Crippen molar-refractivity contribution in [3.63, 3.8) is 0 Å². The molecule has 0 aliphatic carbocycles. The fraction of sp³-hybridized carbons (Fsp3) is 0.385. The third-order valence-corrected chi connectivity index (χ3v) is 3.29. The second-order valence-corrected chi connectivity index (χ2v) is 4.56. The maximum Gasteiger partial charge on any atom is 0.259 e. The summed E-state index contributed by atoms with van der Waals surface area (Å²) in [6.07, 6.45) is 2.42. The van der Waals surface area contributed by atoms with Crippen LogP contribution in [0, 0.1) is 0 Å². The molecule has 94 valence electrons. The van der Waals surface area contributed by atoms with Crippen LogP contribution in [0.4, 0.5) is 5.69 Å². The molecule has 1 aromatic rings. The first-order valence-electron chi connectivity index (χ1n) is 6.09. The fourth-order valence-electron chi connectivity index (χ4n) is 2.31. The van der Waals surface area contributed by atoms with Crippen molar-refractivity contribution < 1.29 is 14.3 Å². The predicted octanol–water partition coefficient (Wildman–Crippen LogP) is 1.16. The molecule has 0 saturated carbocycles. The Hall–Kier alpha value is -1.88. The minimum atomic E-state index is -0.323. The molecule has 1 atom stereocenters. The molecule has 2 heterocycles. The van der Waals surface area contributed by atoms with Crippen LogP contribution >= 0.6 is 0 Å². The summed E-state index contributed by atoms with van der Waals surface area (Å²) in [4.78, 5) is 22.9. The van der Waals surface area contributed by atoms with Gasteiger partial charge in [0.2, 0.25) is 0 Å². The molecule has 1 unspecified atom stereocenters. The Morgan fingerprint density at radius 1 is 1.28 bits per heavy atom. The number of benzene rings is 1. The van der Waals surface area contributed by atoms with Crippen LogP contribution in [0.25, 0.3) is 0 Å². The lowest BCUT2D eigenvalue weighted by molar-refractivity contribution is 0.0879. The van der Waals surface area contributed by atoms with Gasteiger partial charge >= 0.3 is 0 Å². The lowest BCUT2D eigenvalue weighted by Gasteiger charge is -2.12. The first-order chi connectivity index (χ1) is 8.74. The van der Waals surface area contributed by atoms with Crippen molar-refractivity contribution in [1.82, 2.24) is 5.32 Å². The van der Waals surface area contributed by atoms with Crippen LogP contribution in [0.15, 0.2) is 18.2 Å². The molecule has 3 rings (SSSR count). The number of carbonyl (C=O) groups is 2. The molecule has 0 bridgehead atoms. The van der Waals surface area contributed by atoms with Crippen LogP contribution < -0.4 is 10.6 Å². The van der Waals surface area contributed by atoms with Gasteiger partial charge in [0.25, 0.3) is 11.8 Å². The molecule has 5 nitrogen and oxygen atoms in total. The second kappa shape index (κ2) is 4.42. The van der Waals surface area contributed by atoms with E-state index in [2.05, 4.69) is 10.6 Å². The van der Waals surface area contributed by atoms with Crippen molar-refractivity contribution >= 4 is 17.5 Å². The molecule has 2 aliphatic heterocycles. The molecule has 0 spiro atoms. The third-order valence-electron chi connectivity index (χ3n) is 3.29. The van der Waals surface area contributed by atoms with E-state index in [9.17, 15) is 9.59 Å². The zero-order valence-corrected chi connectivity index (χ0v) is 9.86. The lowest BCUT2D eigenvalue weighted by Crippen LogP contribution is -2.20. The molecule has 2 amide bonds. The maximum atomic E-state index is 11.5. The summed E-state index contributed by atoms with van der Waals surface area (Å²) in [5.41, 5.74) is 1.73. The van der Waals surface area contributed by atoms with Gasteiger partial charge in [0.05, 0.1) is 17.2 Å². The Labute approximate surface area is 105 Å². The van der Waals surface area contributed by atoms with Gasteiger partial charge in [-0.3, -0.25) is 14.9 Å². The highest BCUT2D eigenvalue weighted by Crippen LogP contribution is 2.21. The number of nitrogens with one attached hydrogen (secondary N) is 2. The normalized spacial score (nSPS) is 21.9. The smallest absolute Gasteiger partial charge is 0.259 e. The second-order valence-electron chi connectivity index (χ2n) is 4.56. The van der Waals surface area contributed by atoms with Crippen molar-refractivity contribution in [2.75, 3.05) is 18.5 Å². The third kappa shape index (κ3) is 1.97. The largest absolute Gasteiger partial charge is 0.382 e. The van der Waals surface area contributed by atoms with E-state index < -0.39 is 0 Å². The summed E-state index contributed by atoms with van der Waals surface area (Å²) < 4.78 is 5.51. The number of rotatable bonds is 3. The molecule has 1 fully saturated rings. The number of anilines is 1. The van der Waals surface area contributed by atoms with Gasteiger partial charge in [0, 0.05) is 18.8 Å². The standard InChI is InChI=1S/C13H14N2O3/c16-12-10-4-3-8(6-11(10)13(17)15-12)14-7-9-2-1-5-18-9/h3-4,6,9,14H,1-2,5,7H2,(H,15,16,17). The zero-order chi connectivity index (χ0) is 12.5. The SMILES string of the molecule is O=C1NC(=O)c2cc(NCC3CCCO3)ccc21. The van der Waals surface area contributed by atoms with Gasteiger partial charge in [-0.05, 0) is 31.0 Å². The molecular weight excluding hydrogens is 232 g/mol. The number of amides is 2. The molecule has 0 aromatic heterocycles. The highest BCUT2D eigenvalue weighted by molar-refractivity contribution is 6.21. The van der Waals surface area contributed by atoms with Crippen LogP contribution in [-0.4, -0.2) is 31.1 Å². The Morgan fingerprint density at radius 3 is 2.89 bits per heavy atom. The Balaban J connectivity index is 1.72. The van der Waals surface area contributed by atoms with Gasteiger partial charge in [-0.25, -0.2) is 0 Å². The number of hydrogen-bond donors (Lipinski definition) is 2. The highest BCUT2D eigenvalue weighted by atomic mass is 16.5. The summed E-state index contributed by atoms with van der Waals surface area (Å²) in [6, 6.07) is 5.20. The van der Waals surface area contributed by atoms with Crippen molar-refractivity contribution in [3.8, 4) is 0 Å². The van der Waals surface area contributed by atoms with Crippen LogP contribution in [0.5, 0.6) is 0 Å². The molecule has 2 aliphatic rings. The van der Waals surface area contributed by atoms with E-state index in [1.807, 2.05) is 6.07 Å². The molecule has 5 heteroatoms. The van der Waals surface area contributed by atoms with Crippen LogP contribution in [-0.2, 0) is 4.74 Å². The van der Waals surface area contributed by atoms with E-state index in [4.69, 9.17) is 4.74 Å². The summed E-state index contributed by atoms with van der Waals surface area (Å²) in [7, 11) is 0. The minimum Gasteiger partial charge on any atom is -0.382 e. The quantitative estimate of drug-likeness (QED) is 0.785. The summed E-state index contributed by atoms with van der Waals surface area (Å²) in [6.45, 7) is 1.56. The van der Waals surface area contributed by atoms with Gasteiger partial charge < -0.3 is 10.1 Å². The molecule has 18 heavy (non-hydrogen) atoms. The van der Waals surface area contributed by atoms with E-state index in [-0.39, 0.29) is 17.9 Å². The molecule has 0 radical (unpaired) electrons. The minimum absolute atomic E-state index is 0.244. The summed E-state index contributed by atoms with van der Waals surface area (Å²) >= 11 is 0. The Bertz CT molecular complexity index is 507. The van der Waals surface area contributed by atoms with Gasteiger partial charge in [0.15, 0.2) is 0 Å². The van der Waals surface area contributed by atoms with E-state index in [1.165, 1.54) is 0 Å². The van der Waals surface area contributed by atoms with Crippen LogP contribution in [0.1, 0.15) is 33.6 Å². The van der Waals surface area contributed by atoms with Gasteiger partial charge in [-0.1, -0.05) is 0 Å². The lowest BCUT2D eigenvalue weighted by atomic mass is 10.1. The predicted molar refractivity (Wildman–Crippen MR) is 65.7 cm³/mol. The van der Waals surface area contributed by atoms with E-state index >= 15 is 0 Å². The van der Waals surface area contributed by atoms with Crippen LogP contribution in [0.2, 0.25) is 0 Å². The molecule has 2 N–H and O–H groups in total. The number of imide groups is 1. The molecule has 1 saturated heterocycles. The van der Waals surface area contributed by atoms with Crippen molar-refractivity contribution in [2.45, 2.75) is 18.9 Å². The summed E-state index contributed by atoms with van der Waals surface area (Å²) in [5.74, 6) is -0.642. The number of carbonyl (C=O) groups excluding carboxylic acids is 2. The number of ether oxygens (including phenoxy) is 1. The molecule has 1 aromatic carbocycles. The Morgan fingerprint density at radius 2 is 2.11 bits per heavy atom. The molecular formula is C13H14N2O3. The van der Waals surface area contributed by atoms with E-state index in [0.29, 0.717) is 11.1 Å². The van der Waals surface area contributed by atoms with Crippen molar-refractivity contribution in [2.24, 2.45) is 0 Å². The number of hydrogen-bond acceptors (Lipinski definition) is 4.